The summed E-state index contributed by atoms with van der Waals surface area (Å²) < 4.78 is 18.7. The Labute approximate surface area is 255 Å². The van der Waals surface area contributed by atoms with Gasteiger partial charge < -0.3 is 23.4 Å². The van der Waals surface area contributed by atoms with Crippen molar-refractivity contribution in [2.75, 3.05) is 20.1 Å². The number of piperidine rings is 1. The average molecular weight is 614 g/mol. The molecule has 0 unspecified atom stereocenters. The second-order valence-corrected chi connectivity index (χ2v) is 19.6. The van der Waals surface area contributed by atoms with Crippen molar-refractivity contribution in [2.45, 2.75) is 109 Å². The summed E-state index contributed by atoms with van der Waals surface area (Å²) in [5.74, 6) is 0.688. The molecule has 1 aliphatic carbocycles. The quantitative estimate of drug-likeness (QED) is 0.296. The second kappa shape index (κ2) is 11.2. The van der Waals surface area contributed by atoms with Crippen molar-refractivity contribution < 1.29 is 28.0 Å². The smallest absolute Gasteiger partial charge is 0.410 e. The molecule has 2 bridgehead atoms. The van der Waals surface area contributed by atoms with E-state index in [4.69, 9.17) is 18.4 Å². The number of carbonyl (C=O) groups is 2. The predicted molar refractivity (Wildman–Crippen MR) is 162 cm³/mol. The van der Waals surface area contributed by atoms with E-state index in [0.717, 1.165) is 24.8 Å². The highest BCUT2D eigenvalue weighted by molar-refractivity contribution is 6.74. The lowest BCUT2D eigenvalue weighted by Crippen LogP contribution is -2.45. The Hall–Kier alpha value is -2.96. The number of fused-ring (bicyclic) bond motifs is 3. The summed E-state index contributed by atoms with van der Waals surface area (Å²) in [7, 11) is -0.629. The first-order valence-electron chi connectivity index (χ1n) is 15.2. The molecule has 3 aliphatic rings. The van der Waals surface area contributed by atoms with Gasteiger partial charge in [0.25, 0.3) is 0 Å². The van der Waals surface area contributed by atoms with Crippen LogP contribution >= 0.6 is 0 Å². The number of nitrogens with zero attached hydrogens (tertiary/aromatic N) is 5. The number of likely N-dealkylation sites (N-methyl/N-ethyl adjacent to an activating group) is 1. The maximum Gasteiger partial charge on any atom is 0.410 e. The van der Waals surface area contributed by atoms with Gasteiger partial charge in [-0.25, -0.2) is 9.59 Å². The van der Waals surface area contributed by atoms with E-state index in [-0.39, 0.29) is 35.1 Å². The Morgan fingerprint density at radius 1 is 1.14 bits per heavy atom. The van der Waals surface area contributed by atoms with Crippen molar-refractivity contribution in [3.8, 4) is 0 Å². The lowest BCUT2D eigenvalue weighted by molar-refractivity contribution is -0.153. The highest BCUT2D eigenvalue weighted by atomic mass is 28.4. The number of hydrogen-bond acceptors (Lipinski definition) is 8. The van der Waals surface area contributed by atoms with Crippen molar-refractivity contribution in [1.82, 2.24) is 25.1 Å². The molecular formula is C31H47N5O6Si. The molecule has 0 radical (unpaired) electrons. The van der Waals surface area contributed by atoms with E-state index in [0.29, 0.717) is 24.9 Å². The van der Waals surface area contributed by atoms with Gasteiger partial charge in [0.1, 0.15) is 24.4 Å². The van der Waals surface area contributed by atoms with Crippen LogP contribution in [0.15, 0.2) is 34.7 Å². The molecule has 43 heavy (non-hydrogen) atoms. The molecule has 2 aliphatic heterocycles. The zero-order valence-electron chi connectivity index (χ0n) is 27.0. The lowest BCUT2D eigenvalue weighted by Gasteiger charge is -2.39. The highest BCUT2D eigenvalue weighted by Crippen LogP contribution is 2.61. The van der Waals surface area contributed by atoms with Crippen molar-refractivity contribution in [2.24, 2.45) is 5.41 Å². The molecule has 3 amide bonds. The van der Waals surface area contributed by atoms with Crippen LogP contribution in [0.2, 0.25) is 18.1 Å². The Bertz CT molecular complexity index is 1320. The van der Waals surface area contributed by atoms with Gasteiger partial charge in [-0.1, -0.05) is 51.1 Å². The van der Waals surface area contributed by atoms with Crippen LogP contribution in [-0.4, -0.2) is 77.3 Å². The number of amides is 3. The molecule has 11 nitrogen and oxygen atoms in total. The Morgan fingerprint density at radius 2 is 1.81 bits per heavy atom. The van der Waals surface area contributed by atoms with Crippen molar-refractivity contribution in [1.29, 1.82) is 0 Å². The SMILES string of the molecule is CN(C[C@H](O[Si](C)(C)C(C)(C)C)c1nnc([C@@H]2CC3(CC3)[C@@H]3CN2C(=O)N3OCc2ccccc2)o1)C(=O)OC(C)(C)C. The monoisotopic (exact) mass is 613 g/mol. The maximum atomic E-state index is 13.6. The molecule has 1 aromatic carbocycles. The zero-order chi connectivity index (χ0) is 31.4. The van der Waals surface area contributed by atoms with Crippen LogP contribution in [0.1, 0.15) is 90.3 Å². The molecule has 1 spiro atoms. The van der Waals surface area contributed by atoms with Crippen LogP contribution < -0.4 is 0 Å². The van der Waals surface area contributed by atoms with Crippen LogP contribution in [0, 0.1) is 5.41 Å². The van der Waals surface area contributed by atoms with E-state index >= 15 is 0 Å². The van der Waals surface area contributed by atoms with E-state index in [9.17, 15) is 9.59 Å². The summed E-state index contributed by atoms with van der Waals surface area (Å²) in [6.07, 6.45) is 1.69. The van der Waals surface area contributed by atoms with E-state index in [1.165, 1.54) is 4.90 Å². The Balaban J connectivity index is 1.36. The number of benzene rings is 1. The third-order valence-corrected chi connectivity index (χ3v) is 13.8. The average Bonchev–Trinajstić information content (AvgIpc) is 3.38. The molecule has 5 rings (SSSR count). The molecule has 0 N–H and O–H groups in total. The van der Waals surface area contributed by atoms with Gasteiger partial charge >= 0.3 is 12.1 Å². The van der Waals surface area contributed by atoms with Gasteiger partial charge in [0, 0.05) is 13.6 Å². The van der Waals surface area contributed by atoms with Crippen molar-refractivity contribution in [3.63, 3.8) is 0 Å². The number of ether oxygens (including phenoxy) is 1. The van der Waals surface area contributed by atoms with Crippen LogP contribution in [0.3, 0.4) is 0 Å². The summed E-state index contributed by atoms with van der Waals surface area (Å²) in [6, 6.07) is 9.35. The van der Waals surface area contributed by atoms with Crippen molar-refractivity contribution >= 4 is 20.4 Å². The molecule has 1 saturated carbocycles. The zero-order valence-corrected chi connectivity index (χ0v) is 28.0. The van der Waals surface area contributed by atoms with E-state index in [1.54, 1.807) is 17.0 Å². The first-order chi connectivity index (χ1) is 20.0. The number of urea groups is 1. The molecule has 3 heterocycles. The van der Waals surface area contributed by atoms with Crippen molar-refractivity contribution in [3.05, 3.63) is 47.7 Å². The Morgan fingerprint density at radius 3 is 2.42 bits per heavy atom. The summed E-state index contributed by atoms with van der Waals surface area (Å²) in [6.45, 7) is 17.3. The van der Waals surface area contributed by atoms with Gasteiger partial charge in [-0.2, -0.15) is 5.06 Å². The normalized spacial score (nSPS) is 22.2. The molecular weight excluding hydrogens is 566 g/mol. The third-order valence-electron chi connectivity index (χ3n) is 9.28. The van der Waals surface area contributed by atoms with Gasteiger partial charge in [0.05, 0.1) is 12.6 Å². The first kappa shape index (κ1) is 31.5. The molecule has 236 valence electrons. The largest absolute Gasteiger partial charge is 0.444 e. The molecule has 2 saturated heterocycles. The van der Waals surface area contributed by atoms with Gasteiger partial charge in [-0.15, -0.1) is 10.2 Å². The molecule has 12 heteroatoms. The van der Waals surface area contributed by atoms with E-state index in [2.05, 4.69) is 44.1 Å². The minimum atomic E-state index is -2.31. The van der Waals surface area contributed by atoms with Crippen LogP contribution in [-0.2, 0) is 20.6 Å². The van der Waals surface area contributed by atoms with Crippen LogP contribution in [0.25, 0.3) is 0 Å². The van der Waals surface area contributed by atoms with E-state index in [1.807, 2.05) is 51.1 Å². The lowest BCUT2D eigenvalue weighted by atomic mass is 9.85. The molecule has 1 aromatic heterocycles. The fraction of sp³-hybridized carbons (Fsp3) is 0.677. The number of carbonyl (C=O) groups excluding carboxylic acids is 2. The molecule has 3 fully saturated rings. The van der Waals surface area contributed by atoms with Gasteiger partial charge in [0.2, 0.25) is 11.8 Å². The van der Waals surface area contributed by atoms with Crippen LogP contribution in [0.4, 0.5) is 9.59 Å². The number of hydroxylamine groups is 2. The number of aromatic nitrogens is 2. The second-order valence-electron chi connectivity index (χ2n) is 14.8. The standard InChI is InChI=1S/C31H47N5O6Si/c1-29(2,3)41-28(38)34(7)18-23(42-43(8,9)30(4,5)6)26-33-32-25(40-26)22-17-31(15-16-31)24-19-35(22)27(37)36(24)39-20-21-13-11-10-12-14-21/h10-14,22-24H,15-20H2,1-9H3/t22-,23-,24-/m0/s1. The first-order valence-corrected chi connectivity index (χ1v) is 18.1. The van der Waals surface area contributed by atoms with E-state index < -0.39 is 26.1 Å². The predicted octanol–water partition coefficient (Wildman–Crippen LogP) is 6.46. The highest BCUT2D eigenvalue weighted by Gasteiger charge is 2.64. The fourth-order valence-corrected chi connectivity index (χ4v) is 6.83. The van der Waals surface area contributed by atoms with Gasteiger partial charge in [0.15, 0.2) is 8.32 Å². The number of hydrogen-bond donors (Lipinski definition) is 0. The van der Waals surface area contributed by atoms with Crippen LogP contribution in [0.5, 0.6) is 0 Å². The summed E-state index contributed by atoms with van der Waals surface area (Å²) in [5.41, 5.74) is 0.364. The fourth-order valence-electron chi connectivity index (χ4n) is 5.59. The van der Waals surface area contributed by atoms with Gasteiger partial charge in [-0.3, -0.25) is 4.84 Å². The topological polar surface area (TPSA) is 110 Å². The maximum absolute atomic E-state index is 13.6. The summed E-state index contributed by atoms with van der Waals surface area (Å²) >= 11 is 0. The summed E-state index contributed by atoms with van der Waals surface area (Å²) in [4.78, 5) is 35.9. The van der Waals surface area contributed by atoms with Gasteiger partial charge in [-0.05, 0) is 69.1 Å². The number of rotatable bonds is 9. The minimum absolute atomic E-state index is 0.000464. The molecule has 3 atom stereocenters. The summed E-state index contributed by atoms with van der Waals surface area (Å²) in [5, 5.41) is 10.4. The third kappa shape index (κ3) is 6.61. The minimum Gasteiger partial charge on any atom is -0.444 e. The Kier molecular flexibility index (Phi) is 8.19. The molecule has 2 aromatic rings.